The summed E-state index contributed by atoms with van der Waals surface area (Å²) in [5.74, 6) is -3.34. The van der Waals surface area contributed by atoms with Crippen LogP contribution in [-0.2, 0) is 13.1 Å². The Morgan fingerprint density at radius 3 is 2.51 bits per heavy atom. The number of thiocarbonyl (C=S) groups is 1. The predicted molar refractivity (Wildman–Crippen MR) is 176 cm³/mol. The second kappa shape index (κ2) is 13.0. The highest BCUT2D eigenvalue weighted by Crippen LogP contribution is 2.39. The van der Waals surface area contributed by atoms with Gasteiger partial charge in [-0.25, -0.2) is 13.2 Å². The van der Waals surface area contributed by atoms with Crippen molar-refractivity contribution >= 4 is 52.1 Å². The average Bonchev–Trinajstić information content (AvgIpc) is 3.01. The Labute approximate surface area is 267 Å². The fraction of sp³-hybridized carbons (Fsp3) is 0.242. The molecule has 0 radical (unpaired) electrons. The molecule has 12 heteroatoms. The van der Waals surface area contributed by atoms with Crippen LogP contribution in [0.2, 0.25) is 0 Å². The maximum Gasteiger partial charge on any atom is 0.251 e. The number of fused-ring (bicyclic) bond motifs is 4. The zero-order valence-corrected chi connectivity index (χ0v) is 25.9. The van der Waals surface area contributed by atoms with Crippen molar-refractivity contribution in [2.45, 2.75) is 30.3 Å². The summed E-state index contributed by atoms with van der Waals surface area (Å²) in [7, 11) is 0. The van der Waals surface area contributed by atoms with Crippen molar-refractivity contribution in [2.75, 3.05) is 34.9 Å². The summed E-state index contributed by atoms with van der Waals surface area (Å²) in [6, 6.07) is 19.5. The van der Waals surface area contributed by atoms with Gasteiger partial charge in [0, 0.05) is 77.7 Å². The number of amides is 1. The van der Waals surface area contributed by atoms with Crippen molar-refractivity contribution in [1.29, 1.82) is 0 Å². The van der Waals surface area contributed by atoms with Gasteiger partial charge >= 0.3 is 0 Å². The minimum atomic E-state index is -1.08. The summed E-state index contributed by atoms with van der Waals surface area (Å²) in [5, 5.41) is 9.31. The molecule has 2 aliphatic rings. The van der Waals surface area contributed by atoms with Gasteiger partial charge in [-0.1, -0.05) is 12.1 Å². The first-order valence-electron chi connectivity index (χ1n) is 14.4. The fourth-order valence-electron chi connectivity index (χ4n) is 6.14. The normalized spacial score (nSPS) is 16.9. The SMILES string of the molecule is CSc1cccc(NC(=S)Nc2cc(C(=O)NCc3c(F)cc(F)cc3F)ccc2N2CC3CC(C2)c2cccc(=O)n2C3)c1. The lowest BCUT2D eigenvalue weighted by Crippen LogP contribution is -2.47. The first-order valence-corrected chi connectivity index (χ1v) is 16.0. The Morgan fingerprint density at radius 1 is 0.956 bits per heavy atom. The number of carbonyl (C=O) groups is 1. The van der Waals surface area contributed by atoms with Crippen molar-refractivity contribution in [3.05, 3.63) is 117 Å². The van der Waals surface area contributed by atoms with Crippen LogP contribution < -0.4 is 26.4 Å². The molecule has 4 aromatic rings. The summed E-state index contributed by atoms with van der Waals surface area (Å²) in [5.41, 5.74) is 3.03. The van der Waals surface area contributed by atoms with E-state index in [-0.39, 0.29) is 23.0 Å². The summed E-state index contributed by atoms with van der Waals surface area (Å²) in [6.07, 6.45) is 2.96. The Balaban J connectivity index is 1.27. The van der Waals surface area contributed by atoms with Gasteiger partial charge in [-0.15, -0.1) is 11.8 Å². The van der Waals surface area contributed by atoms with Crippen molar-refractivity contribution in [2.24, 2.45) is 5.92 Å². The van der Waals surface area contributed by atoms with E-state index >= 15 is 0 Å². The molecule has 1 aromatic heterocycles. The number of halogens is 3. The highest BCUT2D eigenvalue weighted by atomic mass is 32.2. The Hall–Kier alpha value is -4.29. The summed E-state index contributed by atoms with van der Waals surface area (Å²) in [4.78, 5) is 29.0. The number of pyridine rings is 1. The third-order valence-corrected chi connectivity index (χ3v) is 9.12. The number of hydrogen-bond donors (Lipinski definition) is 3. The number of carbonyl (C=O) groups excluding carboxylic acids is 1. The predicted octanol–water partition coefficient (Wildman–Crippen LogP) is 6.35. The molecule has 1 saturated heterocycles. The van der Waals surface area contributed by atoms with Gasteiger partial charge < -0.3 is 25.4 Å². The fourth-order valence-corrected chi connectivity index (χ4v) is 6.83. The molecular weight excluding hydrogens is 620 g/mol. The van der Waals surface area contributed by atoms with Crippen LogP contribution in [0.25, 0.3) is 0 Å². The van der Waals surface area contributed by atoms with Crippen molar-refractivity contribution < 1.29 is 18.0 Å². The van der Waals surface area contributed by atoms with Gasteiger partial charge in [0.2, 0.25) is 0 Å². The van der Waals surface area contributed by atoms with E-state index in [1.54, 1.807) is 36.0 Å². The van der Waals surface area contributed by atoms with Crippen LogP contribution in [0.1, 0.15) is 34.0 Å². The number of rotatable bonds is 7. The molecule has 1 amide bonds. The summed E-state index contributed by atoms with van der Waals surface area (Å²) in [6.45, 7) is 1.55. The molecule has 45 heavy (non-hydrogen) atoms. The van der Waals surface area contributed by atoms with Crippen LogP contribution >= 0.6 is 24.0 Å². The van der Waals surface area contributed by atoms with Gasteiger partial charge in [-0.05, 0) is 73.3 Å². The molecule has 2 atom stereocenters. The van der Waals surface area contributed by atoms with Gasteiger partial charge in [-0.2, -0.15) is 0 Å². The molecule has 0 aliphatic carbocycles. The second-order valence-corrected chi connectivity index (χ2v) is 12.5. The molecule has 1 fully saturated rings. The van der Waals surface area contributed by atoms with Crippen LogP contribution in [0.15, 0.2) is 82.5 Å². The van der Waals surface area contributed by atoms with Gasteiger partial charge in [-0.3, -0.25) is 9.59 Å². The summed E-state index contributed by atoms with van der Waals surface area (Å²) < 4.78 is 43.6. The molecule has 3 heterocycles. The molecular formula is C33H30F3N5O2S2. The van der Waals surface area contributed by atoms with E-state index in [2.05, 4.69) is 20.9 Å². The van der Waals surface area contributed by atoms with Crippen LogP contribution in [-0.4, -0.2) is 34.9 Å². The van der Waals surface area contributed by atoms with Gasteiger partial charge in [0.25, 0.3) is 11.5 Å². The maximum atomic E-state index is 14.2. The third-order valence-electron chi connectivity index (χ3n) is 8.19. The number of hydrogen-bond acceptors (Lipinski definition) is 5. The van der Waals surface area contributed by atoms with Crippen LogP contribution in [0, 0.1) is 23.4 Å². The lowest BCUT2D eigenvalue weighted by molar-refractivity contribution is 0.0950. The molecule has 3 N–H and O–H groups in total. The molecule has 232 valence electrons. The molecule has 2 unspecified atom stereocenters. The minimum absolute atomic E-state index is 0.00994. The van der Waals surface area contributed by atoms with Crippen molar-refractivity contribution in [1.82, 2.24) is 9.88 Å². The van der Waals surface area contributed by atoms with Crippen LogP contribution in [0.3, 0.4) is 0 Å². The van der Waals surface area contributed by atoms with E-state index in [4.69, 9.17) is 12.2 Å². The summed E-state index contributed by atoms with van der Waals surface area (Å²) >= 11 is 7.28. The van der Waals surface area contributed by atoms with E-state index < -0.39 is 35.5 Å². The van der Waals surface area contributed by atoms with Gasteiger partial charge in [0.1, 0.15) is 17.5 Å². The van der Waals surface area contributed by atoms with E-state index in [0.717, 1.165) is 28.4 Å². The highest BCUT2D eigenvalue weighted by Gasteiger charge is 2.35. The second-order valence-electron chi connectivity index (χ2n) is 11.2. The number of benzene rings is 3. The third kappa shape index (κ3) is 6.71. The van der Waals surface area contributed by atoms with Crippen molar-refractivity contribution in [3.63, 3.8) is 0 Å². The monoisotopic (exact) mass is 649 g/mol. The first kappa shape index (κ1) is 30.7. The van der Waals surface area contributed by atoms with Crippen LogP contribution in [0.4, 0.5) is 30.2 Å². The Morgan fingerprint density at radius 2 is 1.73 bits per heavy atom. The Kier molecular flexibility index (Phi) is 8.86. The lowest BCUT2D eigenvalue weighted by Gasteiger charge is -2.44. The number of thioether (sulfide) groups is 1. The molecule has 6 rings (SSSR count). The topological polar surface area (TPSA) is 78.4 Å². The quantitative estimate of drug-likeness (QED) is 0.159. The number of piperidine rings is 1. The van der Waals surface area contributed by atoms with E-state index in [1.165, 1.54) is 0 Å². The van der Waals surface area contributed by atoms with Crippen molar-refractivity contribution in [3.8, 4) is 0 Å². The molecule has 2 aliphatic heterocycles. The van der Waals surface area contributed by atoms with E-state index in [9.17, 15) is 22.8 Å². The minimum Gasteiger partial charge on any atom is -0.369 e. The molecule has 0 saturated carbocycles. The lowest BCUT2D eigenvalue weighted by atomic mass is 9.83. The zero-order valence-electron chi connectivity index (χ0n) is 24.3. The molecule has 2 bridgehead atoms. The number of aromatic nitrogens is 1. The van der Waals surface area contributed by atoms with E-state index in [0.29, 0.717) is 42.6 Å². The molecule has 7 nitrogen and oxygen atoms in total. The zero-order chi connectivity index (χ0) is 31.7. The smallest absolute Gasteiger partial charge is 0.251 e. The number of nitrogens with one attached hydrogen (secondary N) is 3. The highest BCUT2D eigenvalue weighted by molar-refractivity contribution is 7.98. The standard InChI is InChI=1S/C33H30F3N5O2S2/c1-45-24-5-2-4-23(14-24)38-33(44)39-28-11-20(32(43)37-15-25-26(35)12-22(34)13-27(25)36)8-9-30(28)40-16-19-10-21(18-40)29-6-3-7-31(42)41(29)17-19/h2-9,11-14,19,21H,10,15-18H2,1H3,(H,37,43)(H2,38,39,44). The number of nitrogens with zero attached hydrogens (tertiary/aromatic N) is 2. The molecule has 3 aromatic carbocycles. The van der Waals surface area contributed by atoms with Crippen LogP contribution in [0.5, 0.6) is 0 Å². The largest absolute Gasteiger partial charge is 0.369 e. The molecule has 0 spiro atoms. The van der Waals surface area contributed by atoms with E-state index in [1.807, 2.05) is 47.2 Å². The van der Waals surface area contributed by atoms with Gasteiger partial charge in [0.05, 0.1) is 11.4 Å². The maximum absolute atomic E-state index is 14.2. The first-order chi connectivity index (χ1) is 21.7. The number of anilines is 3. The Bertz CT molecular complexity index is 1830. The average molecular weight is 650 g/mol. The van der Waals surface area contributed by atoms with Gasteiger partial charge in [0.15, 0.2) is 5.11 Å².